The van der Waals surface area contributed by atoms with E-state index in [2.05, 4.69) is 4.98 Å². The van der Waals surface area contributed by atoms with Gasteiger partial charge in [0.25, 0.3) is 0 Å². The van der Waals surface area contributed by atoms with E-state index in [1.165, 1.54) is 23.0 Å². The van der Waals surface area contributed by atoms with Crippen LogP contribution in [0.2, 0.25) is 0 Å². The fourth-order valence-electron chi connectivity index (χ4n) is 2.00. The van der Waals surface area contributed by atoms with E-state index in [9.17, 15) is 8.42 Å². The van der Waals surface area contributed by atoms with Crippen LogP contribution in [0.25, 0.3) is 0 Å². The van der Waals surface area contributed by atoms with Crippen molar-refractivity contribution in [3.8, 4) is 0 Å². The fourth-order valence-corrected chi connectivity index (χ4v) is 3.36. The molecule has 1 saturated heterocycles. The lowest BCUT2D eigenvalue weighted by Crippen LogP contribution is -2.55. The Morgan fingerprint density at radius 3 is 2.65 bits per heavy atom. The summed E-state index contributed by atoms with van der Waals surface area (Å²) in [6.07, 6.45) is 4.11. The Labute approximate surface area is 117 Å². The van der Waals surface area contributed by atoms with Crippen LogP contribution < -0.4 is 0 Å². The van der Waals surface area contributed by atoms with Gasteiger partial charge < -0.3 is 4.74 Å². The van der Waals surface area contributed by atoms with Crippen molar-refractivity contribution < 1.29 is 13.2 Å². The van der Waals surface area contributed by atoms with Gasteiger partial charge in [0.05, 0.1) is 12.7 Å². The molecule has 0 aliphatic carbocycles. The minimum Gasteiger partial charge on any atom is -0.371 e. The molecule has 1 aliphatic rings. The number of hydrogen-bond donors (Lipinski definition) is 0. The van der Waals surface area contributed by atoms with Gasteiger partial charge in [-0.25, -0.2) is 8.96 Å². The summed E-state index contributed by atoms with van der Waals surface area (Å²) in [4.78, 5) is 3.75. The van der Waals surface area contributed by atoms with Gasteiger partial charge in [0.1, 0.15) is 6.33 Å². The topological polar surface area (TPSA) is 64.4 Å². The van der Waals surface area contributed by atoms with Gasteiger partial charge in [0, 0.05) is 25.5 Å². The summed E-state index contributed by atoms with van der Waals surface area (Å²) >= 11 is 0. The third-order valence-corrected chi connectivity index (χ3v) is 4.92. The van der Waals surface area contributed by atoms with Crippen molar-refractivity contribution in [3.05, 3.63) is 54.6 Å². The van der Waals surface area contributed by atoms with Crippen LogP contribution >= 0.6 is 0 Å². The SMILES string of the molecule is O=S(=O)(N1CC(OCc2ccccc2)C1)n1ccnc1. The fraction of sp³-hybridized carbons (Fsp3) is 0.308. The Hall–Kier alpha value is -1.70. The molecule has 0 bridgehead atoms. The summed E-state index contributed by atoms with van der Waals surface area (Å²) in [5.41, 5.74) is 1.09. The second-order valence-electron chi connectivity index (χ2n) is 4.64. The molecule has 2 heterocycles. The zero-order valence-electron chi connectivity index (χ0n) is 10.8. The maximum Gasteiger partial charge on any atom is 0.308 e. The largest absolute Gasteiger partial charge is 0.371 e. The Balaban J connectivity index is 1.52. The first-order valence-corrected chi connectivity index (χ1v) is 7.70. The van der Waals surface area contributed by atoms with Gasteiger partial charge >= 0.3 is 10.2 Å². The van der Waals surface area contributed by atoms with Crippen molar-refractivity contribution in [1.29, 1.82) is 0 Å². The normalized spacial score (nSPS) is 17.0. The zero-order valence-corrected chi connectivity index (χ0v) is 11.6. The molecule has 6 nitrogen and oxygen atoms in total. The maximum absolute atomic E-state index is 12.1. The molecular weight excluding hydrogens is 278 g/mol. The van der Waals surface area contributed by atoms with E-state index in [-0.39, 0.29) is 6.10 Å². The molecular formula is C13H15N3O3S. The summed E-state index contributed by atoms with van der Waals surface area (Å²) < 4.78 is 32.3. The predicted octanol–water partition coefficient (Wildman–Crippen LogP) is 0.877. The van der Waals surface area contributed by atoms with Crippen LogP contribution in [0.5, 0.6) is 0 Å². The van der Waals surface area contributed by atoms with Crippen LogP contribution in [0, 0.1) is 0 Å². The van der Waals surface area contributed by atoms with Crippen molar-refractivity contribution in [2.45, 2.75) is 12.7 Å². The van der Waals surface area contributed by atoms with Crippen LogP contribution in [0.1, 0.15) is 5.56 Å². The third-order valence-electron chi connectivity index (χ3n) is 3.22. The molecule has 1 fully saturated rings. The van der Waals surface area contributed by atoms with E-state index in [4.69, 9.17) is 4.74 Å². The minimum atomic E-state index is -3.47. The first-order chi connectivity index (χ1) is 9.66. The second-order valence-corrected chi connectivity index (χ2v) is 6.47. The van der Waals surface area contributed by atoms with E-state index in [1.54, 1.807) is 0 Å². The van der Waals surface area contributed by atoms with Crippen LogP contribution in [-0.4, -0.2) is 40.9 Å². The smallest absolute Gasteiger partial charge is 0.308 e. The molecule has 1 aromatic heterocycles. The van der Waals surface area contributed by atoms with E-state index in [0.717, 1.165) is 9.54 Å². The number of ether oxygens (including phenoxy) is 1. The number of rotatable bonds is 5. The van der Waals surface area contributed by atoms with E-state index < -0.39 is 10.2 Å². The van der Waals surface area contributed by atoms with Crippen molar-refractivity contribution in [2.24, 2.45) is 0 Å². The Morgan fingerprint density at radius 2 is 2.00 bits per heavy atom. The number of imidazole rings is 1. The number of hydrogen-bond acceptors (Lipinski definition) is 4. The highest BCUT2D eigenvalue weighted by Crippen LogP contribution is 2.19. The quantitative estimate of drug-likeness (QED) is 0.821. The zero-order chi connectivity index (χ0) is 14.0. The van der Waals surface area contributed by atoms with E-state index in [0.29, 0.717) is 19.7 Å². The summed E-state index contributed by atoms with van der Waals surface area (Å²) in [5.74, 6) is 0. The highest BCUT2D eigenvalue weighted by atomic mass is 32.2. The Kier molecular flexibility index (Phi) is 3.56. The van der Waals surface area contributed by atoms with Crippen LogP contribution in [0.3, 0.4) is 0 Å². The maximum atomic E-state index is 12.1. The summed E-state index contributed by atoms with van der Waals surface area (Å²) in [6, 6.07) is 9.83. The van der Waals surface area contributed by atoms with Crippen LogP contribution in [0.4, 0.5) is 0 Å². The van der Waals surface area contributed by atoms with Crippen molar-refractivity contribution >= 4 is 10.2 Å². The number of nitrogens with zero attached hydrogens (tertiary/aromatic N) is 3. The van der Waals surface area contributed by atoms with Crippen LogP contribution in [0.15, 0.2) is 49.1 Å². The molecule has 0 spiro atoms. The molecule has 3 rings (SSSR count). The average Bonchev–Trinajstić information content (AvgIpc) is 2.92. The van der Waals surface area contributed by atoms with Crippen LogP contribution in [-0.2, 0) is 21.6 Å². The number of benzene rings is 1. The molecule has 0 saturated carbocycles. The first-order valence-electron chi connectivity index (χ1n) is 6.30. The van der Waals surface area contributed by atoms with Crippen molar-refractivity contribution in [2.75, 3.05) is 13.1 Å². The van der Waals surface area contributed by atoms with Gasteiger partial charge in [-0.1, -0.05) is 30.3 Å². The molecule has 1 aromatic carbocycles. The molecule has 0 atom stereocenters. The molecule has 0 N–H and O–H groups in total. The minimum absolute atomic E-state index is 0.0477. The summed E-state index contributed by atoms with van der Waals surface area (Å²) in [6.45, 7) is 1.27. The standard InChI is InChI=1S/C13H15N3O3S/c17-20(18,15-7-6-14-11-15)16-8-13(9-16)19-10-12-4-2-1-3-5-12/h1-7,11,13H,8-10H2. The van der Waals surface area contributed by atoms with Crippen molar-refractivity contribution in [1.82, 2.24) is 13.3 Å². The third kappa shape index (κ3) is 2.60. The van der Waals surface area contributed by atoms with Gasteiger partial charge in [0.15, 0.2) is 0 Å². The van der Waals surface area contributed by atoms with E-state index >= 15 is 0 Å². The molecule has 2 aromatic rings. The highest BCUT2D eigenvalue weighted by molar-refractivity contribution is 7.87. The van der Waals surface area contributed by atoms with Gasteiger partial charge in [-0.05, 0) is 5.56 Å². The Bertz CT molecular complexity index is 649. The molecule has 7 heteroatoms. The highest BCUT2D eigenvalue weighted by Gasteiger charge is 2.37. The van der Waals surface area contributed by atoms with E-state index in [1.807, 2.05) is 30.3 Å². The predicted molar refractivity (Wildman–Crippen MR) is 73.1 cm³/mol. The second kappa shape index (κ2) is 5.35. The summed E-state index contributed by atoms with van der Waals surface area (Å²) in [5, 5.41) is 0. The van der Waals surface area contributed by atoms with Gasteiger partial charge in [0.2, 0.25) is 0 Å². The molecule has 106 valence electrons. The van der Waals surface area contributed by atoms with Gasteiger partial charge in [-0.15, -0.1) is 0 Å². The molecule has 1 aliphatic heterocycles. The Morgan fingerprint density at radius 1 is 1.25 bits per heavy atom. The first kappa shape index (κ1) is 13.3. The lowest BCUT2D eigenvalue weighted by Gasteiger charge is -2.37. The van der Waals surface area contributed by atoms with Gasteiger partial charge in [-0.3, -0.25) is 0 Å². The lowest BCUT2D eigenvalue weighted by molar-refractivity contribution is -0.0299. The molecule has 0 radical (unpaired) electrons. The van der Waals surface area contributed by atoms with Crippen molar-refractivity contribution in [3.63, 3.8) is 0 Å². The number of aromatic nitrogens is 2. The lowest BCUT2D eigenvalue weighted by atomic mass is 10.2. The molecule has 0 amide bonds. The summed E-state index contributed by atoms with van der Waals surface area (Å²) in [7, 11) is -3.47. The monoisotopic (exact) mass is 293 g/mol. The average molecular weight is 293 g/mol. The molecule has 0 unspecified atom stereocenters. The molecule has 20 heavy (non-hydrogen) atoms. The van der Waals surface area contributed by atoms with Gasteiger partial charge in [-0.2, -0.15) is 12.7 Å².